The van der Waals surface area contributed by atoms with Crippen LogP contribution < -0.4 is 10.6 Å². The van der Waals surface area contributed by atoms with E-state index in [0.717, 1.165) is 5.82 Å². The Kier molecular flexibility index (Phi) is 3.53. The molecule has 0 aliphatic carbocycles. The number of aromatic amines is 1. The van der Waals surface area contributed by atoms with Crippen LogP contribution >= 0.6 is 0 Å². The Morgan fingerprint density at radius 1 is 1.79 bits per heavy atom. The number of hydrogen-bond acceptors (Lipinski definition) is 3. The van der Waals surface area contributed by atoms with Crippen molar-refractivity contribution in [3.05, 3.63) is 18.3 Å². The Morgan fingerprint density at radius 2 is 2.50 bits per heavy atom. The van der Waals surface area contributed by atoms with Crippen molar-refractivity contribution in [1.29, 1.82) is 0 Å². The van der Waals surface area contributed by atoms with Gasteiger partial charge in [0.25, 0.3) is 0 Å². The Hall–Kier alpha value is -1.49. The Morgan fingerprint density at radius 3 is 3.00 bits per heavy atom. The third kappa shape index (κ3) is 3.10. The monoisotopic (exact) mass is 197 g/mol. The molecule has 0 spiro atoms. The molecule has 1 rings (SSSR count). The molecule has 0 aliphatic rings. The van der Waals surface area contributed by atoms with E-state index < -0.39 is 5.97 Å². The molecule has 0 amide bonds. The number of likely N-dealkylation sites (N-methyl/N-ethyl adjacent to an activating group) is 1. The van der Waals surface area contributed by atoms with Gasteiger partial charge in [0, 0.05) is 25.8 Å². The van der Waals surface area contributed by atoms with Crippen molar-refractivity contribution in [2.24, 2.45) is 5.73 Å². The van der Waals surface area contributed by atoms with E-state index in [9.17, 15) is 4.79 Å². The minimum atomic E-state index is -0.864. The molecule has 1 aromatic heterocycles. The number of carboxylic acid groups (broad SMARTS) is 1. The molecule has 0 fully saturated rings. The molecule has 0 saturated carbocycles. The minimum Gasteiger partial charge on any atom is -0.481 e. The summed E-state index contributed by atoms with van der Waals surface area (Å²) in [5.41, 5.74) is 5.65. The number of carbonyl (C=O) groups is 1. The number of carboxylic acids is 1. The Balaban J connectivity index is 2.41. The molecule has 0 bridgehead atoms. The van der Waals surface area contributed by atoms with Crippen LogP contribution in [0, 0.1) is 0 Å². The van der Waals surface area contributed by atoms with Crippen molar-refractivity contribution >= 4 is 11.8 Å². The molecule has 1 heterocycles. The average Bonchev–Trinajstić information content (AvgIpc) is 2.53. The summed E-state index contributed by atoms with van der Waals surface area (Å²) in [6.45, 7) is 0.521. The molecule has 14 heavy (non-hydrogen) atoms. The van der Waals surface area contributed by atoms with E-state index in [4.69, 9.17) is 10.8 Å². The van der Waals surface area contributed by atoms with Crippen LogP contribution in [0.15, 0.2) is 18.3 Å². The number of nitrogens with zero attached hydrogens (tertiary/aromatic N) is 1. The molecule has 1 atom stereocenters. The van der Waals surface area contributed by atoms with Gasteiger partial charge in [0.15, 0.2) is 0 Å². The van der Waals surface area contributed by atoms with E-state index in [1.54, 1.807) is 0 Å². The normalized spacial score (nSPS) is 12.4. The fourth-order valence-corrected chi connectivity index (χ4v) is 1.30. The summed E-state index contributed by atoms with van der Waals surface area (Å²) < 4.78 is 0. The van der Waals surface area contributed by atoms with Crippen LogP contribution in [0.3, 0.4) is 0 Å². The molecule has 0 aromatic carbocycles. The van der Waals surface area contributed by atoms with E-state index in [1.165, 1.54) is 0 Å². The van der Waals surface area contributed by atoms with Gasteiger partial charge in [-0.25, -0.2) is 0 Å². The molecule has 78 valence electrons. The first-order chi connectivity index (χ1) is 6.59. The van der Waals surface area contributed by atoms with Crippen molar-refractivity contribution in [3.8, 4) is 0 Å². The third-order valence-electron chi connectivity index (χ3n) is 1.94. The summed E-state index contributed by atoms with van der Waals surface area (Å²) in [6.07, 6.45) is 1.81. The number of anilines is 1. The van der Waals surface area contributed by atoms with E-state index >= 15 is 0 Å². The first-order valence-electron chi connectivity index (χ1n) is 4.41. The minimum absolute atomic E-state index is 0.00888. The van der Waals surface area contributed by atoms with Gasteiger partial charge in [-0.2, -0.15) is 0 Å². The summed E-state index contributed by atoms with van der Waals surface area (Å²) in [4.78, 5) is 15.3. The third-order valence-corrected chi connectivity index (χ3v) is 1.94. The zero-order valence-corrected chi connectivity index (χ0v) is 8.10. The van der Waals surface area contributed by atoms with Gasteiger partial charge in [0.2, 0.25) is 0 Å². The van der Waals surface area contributed by atoms with Gasteiger partial charge in [-0.1, -0.05) is 0 Å². The second-order valence-corrected chi connectivity index (χ2v) is 3.29. The predicted molar refractivity (Wildman–Crippen MR) is 54.3 cm³/mol. The molecule has 5 nitrogen and oxygen atoms in total. The number of rotatable bonds is 5. The highest BCUT2D eigenvalue weighted by molar-refractivity contribution is 5.67. The van der Waals surface area contributed by atoms with Gasteiger partial charge < -0.3 is 20.7 Å². The second-order valence-electron chi connectivity index (χ2n) is 3.29. The number of aromatic nitrogens is 1. The van der Waals surface area contributed by atoms with Crippen molar-refractivity contribution in [1.82, 2.24) is 4.98 Å². The van der Waals surface area contributed by atoms with Crippen molar-refractivity contribution in [2.45, 2.75) is 12.5 Å². The quantitative estimate of drug-likeness (QED) is 0.632. The van der Waals surface area contributed by atoms with E-state index in [-0.39, 0.29) is 12.5 Å². The fourth-order valence-electron chi connectivity index (χ4n) is 1.30. The number of aliphatic carboxylic acids is 1. The number of hydrogen-bond donors (Lipinski definition) is 3. The van der Waals surface area contributed by atoms with Gasteiger partial charge >= 0.3 is 5.97 Å². The lowest BCUT2D eigenvalue weighted by atomic mass is 10.2. The van der Waals surface area contributed by atoms with E-state index in [1.807, 2.05) is 30.3 Å². The molecule has 4 N–H and O–H groups in total. The van der Waals surface area contributed by atoms with Gasteiger partial charge in [-0.05, 0) is 12.1 Å². The molecule has 0 saturated heterocycles. The summed E-state index contributed by atoms with van der Waals surface area (Å²) in [6, 6.07) is 3.45. The van der Waals surface area contributed by atoms with Crippen LogP contribution in [0.2, 0.25) is 0 Å². The molecule has 0 radical (unpaired) electrons. The lowest BCUT2D eigenvalue weighted by molar-refractivity contribution is -0.137. The molecule has 5 heteroatoms. The smallest absolute Gasteiger partial charge is 0.304 e. The zero-order valence-electron chi connectivity index (χ0n) is 8.10. The van der Waals surface area contributed by atoms with Crippen LogP contribution in [0.4, 0.5) is 5.82 Å². The Bertz CT molecular complexity index is 284. The number of nitrogens with two attached hydrogens (primary N) is 1. The van der Waals surface area contributed by atoms with Crippen LogP contribution in [0.5, 0.6) is 0 Å². The zero-order chi connectivity index (χ0) is 10.6. The summed E-state index contributed by atoms with van der Waals surface area (Å²) in [7, 11) is 1.87. The standard InChI is InChI=1S/C9H15N3O2/c1-12(8-3-2-4-11-8)6-7(10)5-9(13)14/h2-4,7,11H,5-6,10H2,1H3,(H,13,14). The van der Waals surface area contributed by atoms with Crippen LogP contribution in [0.1, 0.15) is 6.42 Å². The lowest BCUT2D eigenvalue weighted by Crippen LogP contribution is -2.37. The van der Waals surface area contributed by atoms with Gasteiger partial charge in [0.05, 0.1) is 6.42 Å². The topological polar surface area (TPSA) is 82.3 Å². The first kappa shape index (κ1) is 10.6. The van der Waals surface area contributed by atoms with Crippen LogP contribution in [-0.4, -0.2) is 35.7 Å². The highest BCUT2D eigenvalue weighted by Gasteiger charge is 2.11. The van der Waals surface area contributed by atoms with Crippen LogP contribution in [-0.2, 0) is 4.79 Å². The van der Waals surface area contributed by atoms with Gasteiger partial charge in [0.1, 0.15) is 5.82 Å². The molecule has 1 unspecified atom stereocenters. The van der Waals surface area contributed by atoms with Crippen molar-refractivity contribution < 1.29 is 9.90 Å². The number of nitrogens with one attached hydrogen (secondary N) is 1. The first-order valence-corrected chi connectivity index (χ1v) is 4.41. The molecular weight excluding hydrogens is 182 g/mol. The molecular formula is C9H15N3O2. The van der Waals surface area contributed by atoms with Crippen molar-refractivity contribution in [3.63, 3.8) is 0 Å². The maximum Gasteiger partial charge on any atom is 0.304 e. The van der Waals surface area contributed by atoms with E-state index in [2.05, 4.69) is 4.98 Å². The highest BCUT2D eigenvalue weighted by atomic mass is 16.4. The predicted octanol–water partition coefficient (Wildman–Crippen LogP) is 0.253. The summed E-state index contributed by atoms with van der Waals surface area (Å²) in [5, 5.41) is 8.52. The maximum atomic E-state index is 10.4. The Labute approximate surface area is 82.5 Å². The molecule has 0 aliphatic heterocycles. The maximum absolute atomic E-state index is 10.4. The largest absolute Gasteiger partial charge is 0.481 e. The van der Waals surface area contributed by atoms with E-state index in [0.29, 0.717) is 6.54 Å². The summed E-state index contributed by atoms with van der Waals surface area (Å²) >= 11 is 0. The SMILES string of the molecule is CN(CC(N)CC(=O)O)c1ccc[nH]1. The lowest BCUT2D eigenvalue weighted by Gasteiger charge is -2.20. The average molecular weight is 197 g/mol. The molecule has 1 aromatic rings. The number of H-pyrrole nitrogens is 1. The summed E-state index contributed by atoms with van der Waals surface area (Å²) in [5.74, 6) is 0.0724. The second kappa shape index (κ2) is 4.66. The van der Waals surface area contributed by atoms with Crippen molar-refractivity contribution in [2.75, 3.05) is 18.5 Å². The van der Waals surface area contributed by atoms with Crippen LogP contribution in [0.25, 0.3) is 0 Å². The highest BCUT2D eigenvalue weighted by Crippen LogP contribution is 2.08. The van der Waals surface area contributed by atoms with Gasteiger partial charge in [-0.3, -0.25) is 4.79 Å². The fraction of sp³-hybridized carbons (Fsp3) is 0.444. The van der Waals surface area contributed by atoms with Gasteiger partial charge in [-0.15, -0.1) is 0 Å².